The lowest BCUT2D eigenvalue weighted by Crippen LogP contribution is -2.30. The van der Waals surface area contributed by atoms with E-state index in [4.69, 9.17) is 17.4 Å². The largest absolute Gasteiger partial charge is 0.271 e. The molecule has 2 aromatic rings. The predicted octanol–water partition coefficient (Wildman–Crippen LogP) is 3.67. The minimum Gasteiger partial charge on any atom is -0.271 e. The summed E-state index contributed by atoms with van der Waals surface area (Å²) in [7, 11) is 0. The lowest BCUT2D eigenvalue weighted by atomic mass is 9.96. The maximum atomic E-state index is 13.2. The Hall–Kier alpha value is -1.49. The Balaban J connectivity index is 2.31. The van der Waals surface area contributed by atoms with Crippen molar-refractivity contribution in [2.45, 2.75) is 19.4 Å². The number of nitrogens with two attached hydrogens (primary N) is 1. The van der Waals surface area contributed by atoms with Gasteiger partial charge in [-0.15, -0.1) is 0 Å². The zero-order valence-electron chi connectivity index (χ0n) is 11.0. The zero-order valence-corrected chi connectivity index (χ0v) is 11.7. The summed E-state index contributed by atoms with van der Waals surface area (Å²) in [6.45, 7) is 1.93. The molecule has 0 bridgehead atoms. The van der Waals surface area contributed by atoms with Crippen molar-refractivity contribution in [2.75, 3.05) is 0 Å². The number of aryl methyl sites for hydroxylation is 1. The Morgan fingerprint density at radius 2 is 1.80 bits per heavy atom. The van der Waals surface area contributed by atoms with E-state index in [1.165, 1.54) is 12.1 Å². The smallest absolute Gasteiger partial charge is 0.126 e. The predicted molar refractivity (Wildman–Crippen MR) is 76.3 cm³/mol. The van der Waals surface area contributed by atoms with Gasteiger partial charge in [0.15, 0.2) is 0 Å². The minimum absolute atomic E-state index is 0.269. The Kier molecular flexibility index (Phi) is 4.70. The summed E-state index contributed by atoms with van der Waals surface area (Å²) in [5.41, 5.74) is 5.12. The van der Waals surface area contributed by atoms with Crippen molar-refractivity contribution in [1.29, 1.82) is 0 Å². The fourth-order valence-corrected chi connectivity index (χ4v) is 2.39. The maximum Gasteiger partial charge on any atom is 0.126 e. The van der Waals surface area contributed by atoms with Crippen LogP contribution < -0.4 is 11.3 Å². The normalized spacial score (nSPS) is 12.4. The van der Waals surface area contributed by atoms with Crippen LogP contribution in [-0.2, 0) is 6.42 Å². The fourth-order valence-electron chi connectivity index (χ4n) is 2.21. The first-order valence-electron chi connectivity index (χ1n) is 6.16. The van der Waals surface area contributed by atoms with Crippen molar-refractivity contribution in [1.82, 2.24) is 5.43 Å². The second kappa shape index (κ2) is 6.31. The second-order valence-corrected chi connectivity index (χ2v) is 5.14. The molecular formula is C15H15ClF2N2. The molecule has 0 amide bonds. The molecule has 106 valence electrons. The molecule has 0 aliphatic rings. The third-order valence-electron chi connectivity index (χ3n) is 3.18. The monoisotopic (exact) mass is 296 g/mol. The van der Waals surface area contributed by atoms with Gasteiger partial charge >= 0.3 is 0 Å². The van der Waals surface area contributed by atoms with Gasteiger partial charge in [-0.05, 0) is 54.3 Å². The molecule has 0 saturated carbocycles. The van der Waals surface area contributed by atoms with E-state index in [0.717, 1.165) is 17.2 Å². The molecule has 0 spiro atoms. The Morgan fingerprint density at radius 3 is 2.40 bits per heavy atom. The molecule has 0 aliphatic carbocycles. The van der Waals surface area contributed by atoms with Crippen molar-refractivity contribution in [3.63, 3.8) is 0 Å². The van der Waals surface area contributed by atoms with E-state index in [1.807, 2.05) is 13.0 Å². The Bertz CT molecular complexity index is 597. The molecular weight excluding hydrogens is 282 g/mol. The van der Waals surface area contributed by atoms with Crippen LogP contribution >= 0.6 is 11.6 Å². The van der Waals surface area contributed by atoms with Gasteiger partial charge in [0.25, 0.3) is 0 Å². The fraction of sp³-hybridized carbons (Fsp3) is 0.200. The molecule has 0 heterocycles. The molecule has 3 N–H and O–H groups in total. The van der Waals surface area contributed by atoms with Gasteiger partial charge in [-0.1, -0.05) is 17.7 Å². The van der Waals surface area contributed by atoms with Gasteiger partial charge in [0, 0.05) is 11.1 Å². The summed E-state index contributed by atoms with van der Waals surface area (Å²) >= 11 is 5.98. The number of hydrogen-bond acceptors (Lipinski definition) is 2. The van der Waals surface area contributed by atoms with Crippen LogP contribution in [-0.4, -0.2) is 0 Å². The molecule has 20 heavy (non-hydrogen) atoms. The third kappa shape index (κ3) is 3.54. The molecule has 0 fully saturated rings. The van der Waals surface area contributed by atoms with Crippen LogP contribution in [0.2, 0.25) is 5.02 Å². The number of halogens is 3. The third-order valence-corrected chi connectivity index (χ3v) is 3.42. The molecule has 0 aromatic heterocycles. The summed E-state index contributed by atoms with van der Waals surface area (Å²) in [4.78, 5) is 0. The Morgan fingerprint density at radius 1 is 1.15 bits per heavy atom. The highest BCUT2D eigenvalue weighted by Gasteiger charge is 2.14. The van der Waals surface area contributed by atoms with Crippen LogP contribution in [0.3, 0.4) is 0 Å². The first-order chi connectivity index (χ1) is 9.49. The molecule has 2 aromatic carbocycles. The summed E-state index contributed by atoms with van der Waals surface area (Å²) in [5, 5.41) is 0.594. The van der Waals surface area contributed by atoms with Crippen molar-refractivity contribution in [2.24, 2.45) is 5.84 Å². The lowest BCUT2D eigenvalue weighted by Gasteiger charge is -2.19. The molecule has 1 unspecified atom stereocenters. The SMILES string of the molecule is Cc1ccc(Cl)cc1C(Cc1cc(F)cc(F)c1)NN. The van der Waals surface area contributed by atoms with Crippen molar-refractivity contribution < 1.29 is 8.78 Å². The number of rotatable bonds is 4. The van der Waals surface area contributed by atoms with Gasteiger partial charge in [0.05, 0.1) is 6.04 Å². The lowest BCUT2D eigenvalue weighted by molar-refractivity contribution is 0.538. The summed E-state index contributed by atoms with van der Waals surface area (Å²) in [6.07, 6.45) is 0.367. The van der Waals surface area contributed by atoms with E-state index in [-0.39, 0.29) is 6.04 Å². The number of benzene rings is 2. The number of hydrogen-bond donors (Lipinski definition) is 2. The van der Waals surface area contributed by atoms with Crippen LogP contribution in [0, 0.1) is 18.6 Å². The van der Waals surface area contributed by atoms with E-state index >= 15 is 0 Å². The quantitative estimate of drug-likeness (QED) is 0.667. The van der Waals surface area contributed by atoms with Crippen molar-refractivity contribution in [3.8, 4) is 0 Å². The van der Waals surface area contributed by atoms with E-state index in [9.17, 15) is 8.78 Å². The van der Waals surface area contributed by atoms with Crippen molar-refractivity contribution >= 4 is 11.6 Å². The number of hydrazine groups is 1. The maximum absolute atomic E-state index is 13.2. The first-order valence-corrected chi connectivity index (χ1v) is 6.54. The summed E-state index contributed by atoms with van der Waals surface area (Å²) < 4.78 is 26.4. The van der Waals surface area contributed by atoms with Crippen LogP contribution in [0.25, 0.3) is 0 Å². The topological polar surface area (TPSA) is 38.0 Å². The zero-order chi connectivity index (χ0) is 14.7. The second-order valence-electron chi connectivity index (χ2n) is 4.70. The van der Waals surface area contributed by atoms with Gasteiger partial charge in [0.1, 0.15) is 11.6 Å². The number of nitrogens with one attached hydrogen (secondary N) is 1. The molecule has 0 saturated heterocycles. The van der Waals surface area contributed by atoms with Crippen molar-refractivity contribution in [3.05, 3.63) is 69.7 Å². The highest BCUT2D eigenvalue weighted by Crippen LogP contribution is 2.25. The molecule has 5 heteroatoms. The standard InChI is InChI=1S/C15H15ClF2N2/c1-9-2-3-11(16)7-14(9)15(20-19)6-10-4-12(17)8-13(18)5-10/h2-5,7-8,15,20H,6,19H2,1H3. The van der Waals surface area contributed by atoms with Crippen LogP contribution in [0.1, 0.15) is 22.7 Å². The highest BCUT2D eigenvalue weighted by molar-refractivity contribution is 6.30. The van der Waals surface area contributed by atoms with E-state index in [1.54, 1.807) is 12.1 Å². The van der Waals surface area contributed by atoms with Crippen LogP contribution in [0.5, 0.6) is 0 Å². The average Bonchev–Trinajstić information content (AvgIpc) is 2.38. The van der Waals surface area contributed by atoms with Gasteiger partial charge in [-0.3, -0.25) is 11.3 Å². The van der Waals surface area contributed by atoms with E-state index < -0.39 is 11.6 Å². The Labute approximate surface area is 121 Å². The molecule has 2 rings (SSSR count). The van der Waals surface area contributed by atoms with Crippen LogP contribution in [0.15, 0.2) is 36.4 Å². The molecule has 2 nitrogen and oxygen atoms in total. The highest BCUT2D eigenvalue weighted by atomic mass is 35.5. The minimum atomic E-state index is -0.599. The average molecular weight is 297 g/mol. The van der Waals surface area contributed by atoms with Gasteiger partial charge in [-0.25, -0.2) is 8.78 Å². The van der Waals surface area contributed by atoms with Gasteiger partial charge < -0.3 is 0 Å². The van der Waals surface area contributed by atoms with Gasteiger partial charge in [-0.2, -0.15) is 0 Å². The molecule has 0 aliphatic heterocycles. The summed E-state index contributed by atoms with van der Waals surface area (Å²) in [6, 6.07) is 8.65. The first kappa shape index (κ1) is 14.9. The summed E-state index contributed by atoms with van der Waals surface area (Å²) in [5.74, 6) is 4.37. The molecule has 0 radical (unpaired) electrons. The van der Waals surface area contributed by atoms with E-state index in [2.05, 4.69) is 5.43 Å². The van der Waals surface area contributed by atoms with E-state index in [0.29, 0.717) is 17.0 Å². The molecule has 1 atom stereocenters. The van der Waals surface area contributed by atoms with Gasteiger partial charge in [0.2, 0.25) is 0 Å². The van der Waals surface area contributed by atoms with Crippen LogP contribution in [0.4, 0.5) is 8.78 Å².